The molecule has 0 amide bonds. The van der Waals surface area contributed by atoms with Crippen molar-refractivity contribution in [1.29, 1.82) is 0 Å². The minimum atomic E-state index is -3.43. The molecule has 1 rings (SSSR count). The highest BCUT2D eigenvalue weighted by Gasteiger charge is 2.07. The topological polar surface area (TPSA) is 83.5 Å². The van der Waals surface area contributed by atoms with Gasteiger partial charge >= 0.3 is 0 Å². The van der Waals surface area contributed by atoms with Gasteiger partial charge in [0.2, 0.25) is 10.0 Å². The van der Waals surface area contributed by atoms with E-state index in [0.29, 0.717) is 11.8 Å². The molecule has 5 nitrogen and oxygen atoms in total. The van der Waals surface area contributed by atoms with Crippen LogP contribution >= 0.6 is 0 Å². The molecule has 0 fully saturated rings. The van der Waals surface area contributed by atoms with Gasteiger partial charge in [-0.25, -0.2) is 8.42 Å². The predicted molar refractivity (Wildman–Crippen MR) is 56.3 cm³/mol. The zero-order chi connectivity index (χ0) is 11.5. The number of hydrogen-bond acceptors (Lipinski definition) is 4. The number of hydrogen-bond donors (Lipinski definition) is 2. The predicted octanol–water partition coefficient (Wildman–Crippen LogP) is 0.505. The molecule has 15 heavy (non-hydrogen) atoms. The summed E-state index contributed by atoms with van der Waals surface area (Å²) in [6, 6.07) is 4.31. The Balaban J connectivity index is 3.05. The normalized spacial score (nSPS) is 11.0. The maximum Gasteiger partial charge on any atom is 0.229 e. The van der Waals surface area contributed by atoms with Gasteiger partial charge in [0.1, 0.15) is 12.0 Å². The molecule has 2 N–H and O–H groups in total. The van der Waals surface area contributed by atoms with E-state index >= 15 is 0 Å². The van der Waals surface area contributed by atoms with Crippen molar-refractivity contribution in [3.05, 3.63) is 23.8 Å². The van der Waals surface area contributed by atoms with Gasteiger partial charge in [-0.15, -0.1) is 0 Å². The molecule has 0 spiro atoms. The van der Waals surface area contributed by atoms with Gasteiger partial charge in [0.15, 0.2) is 0 Å². The second kappa shape index (κ2) is 4.31. The molecule has 0 bridgehead atoms. The summed E-state index contributed by atoms with van der Waals surface area (Å²) >= 11 is 0. The molecule has 6 heteroatoms. The molecule has 0 aliphatic rings. The van der Waals surface area contributed by atoms with Crippen LogP contribution in [0, 0.1) is 0 Å². The summed E-state index contributed by atoms with van der Waals surface area (Å²) in [5, 5.41) is 9.35. The van der Waals surface area contributed by atoms with Gasteiger partial charge in [-0.3, -0.25) is 4.72 Å². The van der Waals surface area contributed by atoms with Crippen LogP contribution in [0.2, 0.25) is 0 Å². The molecule has 82 valence electrons. The van der Waals surface area contributed by atoms with Crippen molar-refractivity contribution in [3.63, 3.8) is 0 Å². The fraction of sp³-hybridized carbons (Fsp3) is 0.222. The average Bonchev–Trinajstić information content (AvgIpc) is 2.09. The van der Waals surface area contributed by atoms with Gasteiger partial charge in [-0.2, -0.15) is 0 Å². The fourth-order valence-electron chi connectivity index (χ4n) is 1.09. The number of aldehydes is 1. The SMILES string of the molecule is CS(=O)(=O)Nc1cc(CC=O)ccc1O. The van der Waals surface area contributed by atoms with E-state index in [1.165, 1.54) is 12.1 Å². The van der Waals surface area contributed by atoms with Crippen LogP contribution in [-0.2, 0) is 21.2 Å². The van der Waals surface area contributed by atoms with Crippen molar-refractivity contribution in [1.82, 2.24) is 0 Å². The average molecular weight is 229 g/mol. The van der Waals surface area contributed by atoms with Crippen LogP contribution < -0.4 is 4.72 Å². The summed E-state index contributed by atoms with van der Waals surface area (Å²) in [4.78, 5) is 10.3. The van der Waals surface area contributed by atoms with E-state index in [2.05, 4.69) is 4.72 Å². The Labute approximate surface area is 87.8 Å². The molecular weight excluding hydrogens is 218 g/mol. The van der Waals surface area contributed by atoms with Gasteiger partial charge in [0.25, 0.3) is 0 Å². The first-order valence-electron chi connectivity index (χ1n) is 4.15. The quantitative estimate of drug-likeness (QED) is 0.582. The van der Waals surface area contributed by atoms with E-state index in [0.717, 1.165) is 6.26 Å². The monoisotopic (exact) mass is 229 g/mol. The Bertz CT molecular complexity index is 467. The smallest absolute Gasteiger partial charge is 0.229 e. The van der Waals surface area contributed by atoms with Crippen LogP contribution in [0.4, 0.5) is 5.69 Å². The van der Waals surface area contributed by atoms with E-state index in [9.17, 15) is 18.3 Å². The van der Waals surface area contributed by atoms with Crippen LogP contribution in [-0.4, -0.2) is 26.1 Å². The number of phenolic OH excluding ortho intramolecular Hbond substituents is 1. The van der Waals surface area contributed by atoms with Crippen molar-refractivity contribution in [3.8, 4) is 5.75 Å². The van der Waals surface area contributed by atoms with Gasteiger partial charge in [-0.05, 0) is 17.7 Å². The summed E-state index contributed by atoms with van der Waals surface area (Å²) in [6.07, 6.45) is 1.87. The van der Waals surface area contributed by atoms with E-state index < -0.39 is 10.0 Å². The Morgan fingerprint density at radius 2 is 2.13 bits per heavy atom. The number of carbonyl (C=O) groups excluding carboxylic acids is 1. The number of carbonyl (C=O) groups is 1. The third kappa shape index (κ3) is 3.59. The lowest BCUT2D eigenvalue weighted by Crippen LogP contribution is -2.09. The van der Waals surface area contributed by atoms with Crippen LogP contribution in [0.25, 0.3) is 0 Å². The number of benzene rings is 1. The third-order valence-corrected chi connectivity index (χ3v) is 2.27. The van der Waals surface area contributed by atoms with Crippen molar-refractivity contribution in [2.45, 2.75) is 6.42 Å². The second-order valence-corrected chi connectivity index (χ2v) is 4.84. The molecule has 1 aromatic carbocycles. The highest BCUT2D eigenvalue weighted by Crippen LogP contribution is 2.24. The minimum Gasteiger partial charge on any atom is -0.506 e. The molecule has 0 saturated heterocycles. The summed E-state index contributed by atoms with van der Waals surface area (Å²) in [5.74, 6) is -0.171. The minimum absolute atomic E-state index is 0.0804. The molecule has 0 radical (unpaired) electrons. The molecule has 0 unspecified atom stereocenters. The van der Waals surface area contributed by atoms with E-state index in [4.69, 9.17) is 0 Å². The number of rotatable bonds is 4. The van der Waals surface area contributed by atoms with Crippen LogP contribution in [0.3, 0.4) is 0 Å². The van der Waals surface area contributed by atoms with Gasteiger partial charge in [0.05, 0.1) is 11.9 Å². The first kappa shape index (κ1) is 11.5. The van der Waals surface area contributed by atoms with Crippen molar-refractivity contribution in [2.75, 3.05) is 11.0 Å². The van der Waals surface area contributed by atoms with Crippen molar-refractivity contribution >= 4 is 22.0 Å². The number of anilines is 1. The summed E-state index contributed by atoms with van der Waals surface area (Å²) < 4.78 is 24.0. The van der Waals surface area contributed by atoms with Gasteiger partial charge in [-0.1, -0.05) is 6.07 Å². The maximum atomic E-state index is 10.9. The summed E-state index contributed by atoms with van der Waals surface area (Å²) in [6.45, 7) is 0. The first-order valence-corrected chi connectivity index (χ1v) is 6.05. The molecule has 0 aliphatic heterocycles. The van der Waals surface area contributed by atoms with Crippen LogP contribution in [0.5, 0.6) is 5.75 Å². The number of nitrogens with one attached hydrogen (secondary N) is 1. The second-order valence-electron chi connectivity index (χ2n) is 3.10. The molecule has 0 saturated carbocycles. The molecule has 0 aromatic heterocycles. The molecular formula is C9H11NO4S. The third-order valence-electron chi connectivity index (χ3n) is 1.68. The number of phenols is 1. The van der Waals surface area contributed by atoms with Crippen LogP contribution in [0.15, 0.2) is 18.2 Å². The lowest BCUT2D eigenvalue weighted by Gasteiger charge is -2.07. The lowest BCUT2D eigenvalue weighted by molar-refractivity contribution is -0.107. The van der Waals surface area contributed by atoms with Gasteiger partial charge < -0.3 is 9.90 Å². The molecule has 1 aromatic rings. The summed E-state index contributed by atoms with van der Waals surface area (Å²) in [5.41, 5.74) is 0.714. The number of aromatic hydroxyl groups is 1. The fourth-order valence-corrected chi connectivity index (χ4v) is 1.65. The lowest BCUT2D eigenvalue weighted by atomic mass is 10.1. The van der Waals surface area contributed by atoms with E-state index in [-0.39, 0.29) is 17.9 Å². The molecule has 0 atom stereocenters. The largest absolute Gasteiger partial charge is 0.506 e. The van der Waals surface area contributed by atoms with Gasteiger partial charge in [0, 0.05) is 6.42 Å². The Kier molecular flexibility index (Phi) is 3.31. The first-order chi connectivity index (χ1) is 6.92. The Morgan fingerprint density at radius 1 is 1.47 bits per heavy atom. The van der Waals surface area contributed by atoms with E-state index in [1.807, 2.05) is 0 Å². The molecule has 0 heterocycles. The maximum absolute atomic E-state index is 10.9. The Morgan fingerprint density at radius 3 is 2.67 bits per heavy atom. The highest BCUT2D eigenvalue weighted by molar-refractivity contribution is 7.92. The zero-order valence-corrected chi connectivity index (χ0v) is 8.91. The zero-order valence-electron chi connectivity index (χ0n) is 8.10. The molecule has 0 aliphatic carbocycles. The summed E-state index contributed by atoms with van der Waals surface area (Å²) in [7, 11) is -3.43. The standard InChI is InChI=1S/C9H11NO4S/c1-15(13,14)10-8-6-7(4-5-11)2-3-9(8)12/h2-3,5-6,10,12H,4H2,1H3. The number of sulfonamides is 1. The van der Waals surface area contributed by atoms with Crippen molar-refractivity contribution in [2.24, 2.45) is 0 Å². The van der Waals surface area contributed by atoms with Crippen molar-refractivity contribution < 1.29 is 18.3 Å². The highest BCUT2D eigenvalue weighted by atomic mass is 32.2. The Hall–Kier alpha value is -1.56. The van der Waals surface area contributed by atoms with E-state index in [1.54, 1.807) is 6.07 Å². The van der Waals surface area contributed by atoms with Crippen LogP contribution in [0.1, 0.15) is 5.56 Å².